The summed E-state index contributed by atoms with van der Waals surface area (Å²) in [6.45, 7) is 3.69. The van der Waals surface area contributed by atoms with Gasteiger partial charge in [0, 0.05) is 34.9 Å². The minimum atomic E-state index is -0.522. The van der Waals surface area contributed by atoms with Gasteiger partial charge in [-0.3, -0.25) is 4.79 Å². The normalized spacial score (nSPS) is 15.4. The number of carbonyl (C=O) groups excluding carboxylic acids is 1. The Bertz CT molecular complexity index is 1180. The summed E-state index contributed by atoms with van der Waals surface area (Å²) in [6.07, 6.45) is 1.14. The molecule has 0 saturated carbocycles. The van der Waals surface area contributed by atoms with Gasteiger partial charge in [0.15, 0.2) is 0 Å². The summed E-state index contributed by atoms with van der Waals surface area (Å²) >= 11 is 0. The molecule has 7 nitrogen and oxygen atoms in total. The van der Waals surface area contributed by atoms with E-state index in [9.17, 15) is 9.18 Å². The van der Waals surface area contributed by atoms with Crippen molar-refractivity contribution in [3.05, 3.63) is 82.4 Å². The van der Waals surface area contributed by atoms with Crippen LogP contribution in [0.5, 0.6) is 0 Å². The van der Waals surface area contributed by atoms with Gasteiger partial charge in [0.1, 0.15) is 17.7 Å². The van der Waals surface area contributed by atoms with Crippen molar-refractivity contribution in [2.45, 2.75) is 19.9 Å². The summed E-state index contributed by atoms with van der Waals surface area (Å²) in [4.78, 5) is 13.3. The molecule has 2 aromatic carbocycles. The Kier molecular flexibility index (Phi) is 4.83. The lowest BCUT2D eigenvalue weighted by Gasteiger charge is -2.29. The highest BCUT2D eigenvalue weighted by molar-refractivity contribution is 6.06. The van der Waals surface area contributed by atoms with E-state index in [2.05, 4.69) is 15.7 Å². The number of nitrogens with two attached hydrogens (primary N) is 1. The van der Waals surface area contributed by atoms with Crippen LogP contribution in [0.2, 0.25) is 0 Å². The van der Waals surface area contributed by atoms with Crippen molar-refractivity contribution in [2.75, 3.05) is 16.4 Å². The summed E-state index contributed by atoms with van der Waals surface area (Å²) in [5.74, 6) is 0.0839. The molecule has 8 heteroatoms. The molecule has 0 fully saturated rings. The summed E-state index contributed by atoms with van der Waals surface area (Å²) in [5, 5.41) is 18.1. The van der Waals surface area contributed by atoms with Crippen LogP contribution in [0.1, 0.15) is 29.8 Å². The Morgan fingerprint density at radius 2 is 1.97 bits per heavy atom. The molecule has 1 aliphatic rings. The van der Waals surface area contributed by atoms with Crippen LogP contribution >= 0.6 is 0 Å². The van der Waals surface area contributed by atoms with Crippen LogP contribution in [-0.2, 0) is 4.79 Å². The standard InChI is InChI=1S/C22H21FN6O/c1-12-9-19-26-13(2)20(21(29(19)28-12)14-3-5-16(23)6-4-14)22(30)27-17-7-8-18(25)15(10-17)11-24/h3-11,21,24,26H,25H2,1-2H3,(H,27,30). The molecule has 152 valence electrons. The first-order chi connectivity index (χ1) is 14.4. The Morgan fingerprint density at radius 3 is 2.67 bits per heavy atom. The highest BCUT2D eigenvalue weighted by atomic mass is 19.1. The van der Waals surface area contributed by atoms with Crippen molar-refractivity contribution < 1.29 is 9.18 Å². The fourth-order valence-corrected chi connectivity index (χ4v) is 3.62. The maximum atomic E-state index is 13.5. The van der Waals surface area contributed by atoms with E-state index < -0.39 is 6.04 Å². The number of halogens is 1. The van der Waals surface area contributed by atoms with Crippen LogP contribution in [0, 0.1) is 18.2 Å². The highest BCUT2D eigenvalue weighted by Crippen LogP contribution is 2.36. The second-order valence-electron chi connectivity index (χ2n) is 7.18. The highest BCUT2D eigenvalue weighted by Gasteiger charge is 2.33. The Morgan fingerprint density at radius 1 is 1.23 bits per heavy atom. The van der Waals surface area contributed by atoms with Crippen LogP contribution in [-0.4, -0.2) is 21.9 Å². The molecular weight excluding hydrogens is 383 g/mol. The maximum absolute atomic E-state index is 13.5. The van der Waals surface area contributed by atoms with Crippen molar-refractivity contribution in [2.24, 2.45) is 0 Å². The van der Waals surface area contributed by atoms with Gasteiger partial charge in [-0.15, -0.1) is 0 Å². The maximum Gasteiger partial charge on any atom is 0.255 e. The van der Waals surface area contributed by atoms with Gasteiger partial charge in [-0.05, 0) is 49.7 Å². The summed E-state index contributed by atoms with van der Waals surface area (Å²) in [7, 11) is 0. The average Bonchev–Trinajstić information content (AvgIpc) is 3.08. The van der Waals surface area contributed by atoms with Crippen LogP contribution in [0.25, 0.3) is 0 Å². The first kappa shape index (κ1) is 19.4. The second-order valence-corrected chi connectivity index (χ2v) is 7.18. The van der Waals surface area contributed by atoms with Crippen molar-refractivity contribution in [1.29, 1.82) is 5.41 Å². The van der Waals surface area contributed by atoms with Crippen LogP contribution in [0.3, 0.4) is 0 Å². The number of nitrogens with one attached hydrogen (secondary N) is 3. The lowest BCUT2D eigenvalue weighted by Crippen LogP contribution is -2.31. The number of carbonyl (C=O) groups is 1. The van der Waals surface area contributed by atoms with E-state index >= 15 is 0 Å². The van der Waals surface area contributed by atoms with E-state index in [0.29, 0.717) is 28.2 Å². The zero-order valence-electron chi connectivity index (χ0n) is 16.5. The lowest BCUT2D eigenvalue weighted by molar-refractivity contribution is -0.113. The number of benzene rings is 2. The van der Waals surface area contributed by atoms with Crippen molar-refractivity contribution in [3.63, 3.8) is 0 Å². The minimum absolute atomic E-state index is 0.325. The summed E-state index contributed by atoms with van der Waals surface area (Å²) in [6, 6.07) is 12.4. The molecule has 1 atom stereocenters. The molecule has 0 saturated heterocycles. The third-order valence-electron chi connectivity index (χ3n) is 5.03. The van der Waals surface area contributed by atoms with E-state index in [0.717, 1.165) is 23.3 Å². The monoisotopic (exact) mass is 404 g/mol. The van der Waals surface area contributed by atoms with E-state index in [4.69, 9.17) is 11.1 Å². The molecule has 4 rings (SSSR count). The van der Waals surface area contributed by atoms with Gasteiger partial charge in [-0.1, -0.05) is 12.1 Å². The molecule has 0 bridgehead atoms. The molecule has 1 aromatic heterocycles. The summed E-state index contributed by atoms with van der Waals surface area (Å²) < 4.78 is 15.3. The molecule has 3 aromatic rings. The van der Waals surface area contributed by atoms with Gasteiger partial charge < -0.3 is 21.8 Å². The molecule has 30 heavy (non-hydrogen) atoms. The first-order valence-corrected chi connectivity index (χ1v) is 9.38. The van der Waals surface area contributed by atoms with Crippen LogP contribution in [0.15, 0.2) is 59.8 Å². The predicted molar refractivity (Wildman–Crippen MR) is 115 cm³/mol. The zero-order valence-corrected chi connectivity index (χ0v) is 16.5. The van der Waals surface area contributed by atoms with Gasteiger partial charge in [0.2, 0.25) is 0 Å². The smallest absolute Gasteiger partial charge is 0.255 e. The van der Waals surface area contributed by atoms with Gasteiger partial charge >= 0.3 is 0 Å². The molecular formula is C22H21FN6O. The number of aromatic nitrogens is 2. The van der Waals surface area contributed by atoms with Crippen molar-refractivity contribution in [1.82, 2.24) is 9.78 Å². The number of allylic oxidation sites excluding steroid dienone is 1. The number of aryl methyl sites for hydroxylation is 1. The Hall–Kier alpha value is -3.94. The molecule has 0 radical (unpaired) electrons. The SMILES string of the molecule is CC1=C(C(=O)Nc2ccc(N)c(C=N)c2)C(c2ccc(F)cc2)n2nc(C)cc2N1. The zero-order chi connectivity index (χ0) is 21.4. The molecule has 0 aliphatic carbocycles. The van der Waals surface area contributed by atoms with E-state index in [-0.39, 0.29) is 11.7 Å². The third-order valence-corrected chi connectivity index (χ3v) is 5.03. The molecule has 1 amide bonds. The van der Waals surface area contributed by atoms with E-state index in [1.807, 2.05) is 19.9 Å². The van der Waals surface area contributed by atoms with Gasteiger partial charge in [0.25, 0.3) is 5.91 Å². The molecule has 0 spiro atoms. The number of hydrogen-bond donors (Lipinski definition) is 4. The van der Waals surface area contributed by atoms with E-state index in [1.54, 1.807) is 35.0 Å². The number of rotatable bonds is 4. The molecule has 2 heterocycles. The fourth-order valence-electron chi connectivity index (χ4n) is 3.62. The van der Waals surface area contributed by atoms with Crippen molar-refractivity contribution >= 4 is 29.3 Å². The number of hydrogen-bond acceptors (Lipinski definition) is 5. The number of anilines is 3. The number of nitrogen functional groups attached to an aromatic ring is 1. The topological polar surface area (TPSA) is 109 Å². The third kappa shape index (κ3) is 3.43. The second kappa shape index (κ2) is 7.47. The largest absolute Gasteiger partial charge is 0.398 e. The molecule has 5 N–H and O–H groups in total. The fraction of sp³-hybridized carbons (Fsp3) is 0.136. The average molecular weight is 404 g/mol. The van der Waals surface area contributed by atoms with Gasteiger partial charge in [0.05, 0.1) is 11.3 Å². The number of amides is 1. The number of nitrogens with zero attached hydrogens (tertiary/aromatic N) is 2. The predicted octanol–water partition coefficient (Wildman–Crippen LogP) is 3.84. The minimum Gasteiger partial charge on any atom is -0.398 e. The lowest BCUT2D eigenvalue weighted by atomic mass is 9.94. The van der Waals surface area contributed by atoms with Gasteiger partial charge in [-0.25, -0.2) is 9.07 Å². The van der Waals surface area contributed by atoms with Crippen molar-refractivity contribution in [3.8, 4) is 0 Å². The van der Waals surface area contributed by atoms with Crippen LogP contribution in [0.4, 0.5) is 21.6 Å². The molecule has 1 unspecified atom stereocenters. The van der Waals surface area contributed by atoms with E-state index in [1.165, 1.54) is 12.1 Å². The number of fused-ring (bicyclic) bond motifs is 1. The first-order valence-electron chi connectivity index (χ1n) is 9.38. The van der Waals surface area contributed by atoms with Gasteiger partial charge in [-0.2, -0.15) is 5.10 Å². The quantitative estimate of drug-likeness (QED) is 0.391. The summed E-state index contributed by atoms with van der Waals surface area (Å²) in [5.41, 5.74) is 10.0. The molecule has 1 aliphatic heterocycles. The Balaban J connectivity index is 1.76. The Labute approximate surface area is 172 Å². The van der Waals surface area contributed by atoms with Crippen LogP contribution < -0.4 is 16.4 Å².